The van der Waals surface area contributed by atoms with E-state index >= 15 is 0 Å². The third-order valence-corrected chi connectivity index (χ3v) is 4.88. The Morgan fingerprint density at radius 2 is 2.19 bits per heavy atom. The van der Waals surface area contributed by atoms with Gasteiger partial charge >= 0.3 is 0 Å². The quantitative estimate of drug-likeness (QED) is 0.729. The fourth-order valence-corrected chi connectivity index (χ4v) is 3.29. The van der Waals surface area contributed by atoms with E-state index in [-0.39, 0.29) is 5.12 Å². The average Bonchev–Trinajstić information content (AvgIpc) is 3.07. The van der Waals surface area contributed by atoms with E-state index in [4.69, 9.17) is 16.0 Å². The standard InChI is InChI=1S/C15H10ClNO2S2/c1-20-15-17-12(14(18)21-15)8-11-5-6-13(19-11)9-3-2-4-10(16)7-9/h2-8H,1H3/b12-8+. The molecule has 3 nitrogen and oxygen atoms in total. The van der Waals surface area contributed by atoms with Gasteiger partial charge in [0.05, 0.1) is 0 Å². The third-order valence-electron chi connectivity index (χ3n) is 2.79. The molecule has 0 radical (unpaired) electrons. The van der Waals surface area contributed by atoms with Crippen molar-refractivity contribution < 1.29 is 9.21 Å². The topological polar surface area (TPSA) is 42.6 Å². The summed E-state index contributed by atoms with van der Waals surface area (Å²) in [6.07, 6.45) is 3.55. The predicted molar refractivity (Wildman–Crippen MR) is 90.7 cm³/mol. The fourth-order valence-electron chi connectivity index (χ4n) is 1.84. The van der Waals surface area contributed by atoms with Crippen LogP contribution >= 0.6 is 35.1 Å². The van der Waals surface area contributed by atoms with Gasteiger partial charge in [-0.1, -0.05) is 23.7 Å². The van der Waals surface area contributed by atoms with Crippen LogP contribution in [0, 0.1) is 0 Å². The van der Waals surface area contributed by atoms with Gasteiger partial charge in [0.2, 0.25) is 5.12 Å². The number of aliphatic imine (C=N–C) groups is 1. The number of hydrogen-bond acceptors (Lipinski definition) is 5. The van der Waals surface area contributed by atoms with Crippen LogP contribution in [-0.2, 0) is 4.79 Å². The highest BCUT2D eigenvalue weighted by atomic mass is 35.5. The Kier molecular flexibility index (Phi) is 4.24. The first-order chi connectivity index (χ1) is 10.2. The fraction of sp³-hybridized carbons (Fsp3) is 0.0667. The Morgan fingerprint density at radius 3 is 2.90 bits per heavy atom. The molecule has 106 valence electrons. The Bertz CT molecular complexity index is 765. The molecule has 0 saturated heterocycles. The molecule has 21 heavy (non-hydrogen) atoms. The second-order valence-corrected chi connectivity index (χ2v) is 6.66. The summed E-state index contributed by atoms with van der Waals surface area (Å²) in [6, 6.07) is 11.1. The van der Waals surface area contributed by atoms with Gasteiger partial charge in [0.15, 0.2) is 0 Å². The van der Waals surface area contributed by atoms with Crippen LogP contribution in [-0.4, -0.2) is 15.7 Å². The predicted octanol–water partition coefficient (Wildman–Crippen LogP) is 4.93. The molecule has 1 aliphatic heterocycles. The van der Waals surface area contributed by atoms with Crippen molar-refractivity contribution in [1.82, 2.24) is 0 Å². The van der Waals surface area contributed by atoms with Crippen LogP contribution in [0.25, 0.3) is 17.4 Å². The Hall–Kier alpha value is -1.43. The molecule has 0 N–H and O–H groups in total. The van der Waals surface area contributed by atoms with Crippen LogP contribution in [0.5, 0.6) is 0 Å². The first-order valence-corrected chi connectivity index (χ1v) is 8.50. The summed E-state index contributed by atoms with van der Waals surface area (Å²) in [7, 11) is 0. The van der Waals surface area contributed by atoms with E-state index in [0.29, 0.717) is 22.2 Å². The maximum absolute atomic E-state index is 11.8. The molecule has 0 bridgehead atoms. The minimum atomic E-state index is -0.0555. The minimum absolute atomic E-state index is 0.0555. The van der Waals surface area contributed by atoms with Crippen molar-refractivity contribution in [3.05, 3.63) is 52.9 Å². The van der Waals surface area contributed by atoms with Crippen LogP contribution in [0.15, 0.2) is 51.5 Å². The van der Waals surface area contributed by atoms with Crippen LogP contribution in [0.4, 0.5) is 0 Å². The zero-order valence-electron chi connectivity index (χ0n) is 11.0. The van der Waals surface area contributed by atoms with Gasteiger partial charge in [-0.15, -0.1) is 11.8 Å². The largest absolute Gasteiger partial charge is 0.457 e. The van der Waals surface area contributed by atoms with E-state index in [1.54, 1.807) is 6.08 Å². The lowest BCUT2D eigenvalue weighted by atomic mass is 10.2. The van der Waals surface area contributed by atoms with E-state index < -0.39 is 0 Å². The van der Waals surface area contributed by atoms with Gasteiger partial charge in [-0.2, -0.15) is 0 Å². The molecular weight excluding hydrogens is 326 g/mol. The van der Waals surface area contributed by atoms with Gasteiger partial charge in [0.1, 0.15) is 21.6 Å². The first-order valence-electron chi connectivity index (χ1n) is 6.08. The zero-order valence-corrected chi connectivity index (χ0v) is 13.4. The molecule has 1 aromatic carbocycles. The van der Waals surface area contributed by atoms with Crippen LogP contribution < -0.4 is 0 Å². The van der Waals surface area contributed by atoms with E-state index in [9.17, 15) is 4.79 Å². The van der Waals surface area contributed by atoms with Crippen molar-refractivity contribution >= 4 is 50.7 Å². The minimum Gasteiger partial charge on any atom is -0.457 e. The number of carbonyl (C=O) groups is 1. The third kappa shape index (κ3) is 3.26. The van der Waals surface area contributed by atoms with Crippen molar-refractivity contribution in [2.24, 2.45) is 4.99 Å². The van der Waals surface area contributed by atoms with Gasteiger partial charge in [-0.05, 0) is 42.3 Å². The monoisotopic (exact) mass is 335 g/mol. The lowest BCUT2D eigenvalue weighted by molar-refractivity contribution is -0.107. The maximum atomic E-state index is 11.8. The molecule has 0 fully saturated rings. The summed E-state index contributed by atoms with van der Waals surface area (Å²) in [4.78, 5) is 16.0. The van der Waals surface area contributed by atoms with E-state index in [1.165, 1.54) is 11.8 Å². The SMILES string of the molecule is CSC1=N/C(=C/c2ccc(-c3cccc(Cl)c3)o2)C(=O)S1. The average molecular weight is 336 g/mol. The highest BCUT2D eigenvalue weighted by Gasteiger charge is 2.21. The van der Waals surface area contributed by atoms with Crippen molar-refractivity contribution in [2.45, 2.75) is 0 Å². The van der Waals surface area contributed by atoms with Crippen LogP contribution in [0.1, 0.15) is 5.76 Å². The van der Waals surface area contributed by atoms with Crippen LogP contribution in [0.3, 0.4) is 0 Å². The summed E-state index contributed by atoms with van der Waals surface area (Å²) in [5, 5.41) is 0.598. The highest BCUT2D eigenvalue weighted by molar-refractivity contribution is 8.45. The summed E-state index contributed by atoms with van der Waals surface area (Å²) in [5.41, 5.74) is 1.31. The normalized spacial score (nSPS) is 16.6. The van der Waals surface area contributed by atoms with Gasteiger partial charge in [-0.3, -0.25) is 4.79 Å². The number of halogens is 1. The number of rotatable bonds is 2. The molecular formula is C15H10ClNO2S2. The van der Waals surface area contributed by atoms with Crippen molar-refractivity contribution in [3.8, 4) is 11.3 Å². The van der Waals surface area contributed by atoms with Gasteiger partial charge in [-0.25, -0.2) is 4.99 Å². The molecule has 1 aromatic heterocycles. The first kappa shape index (κ1) is 14.5. The molecule has 2 aromatic rings. The van der Waals surface area contributed by atoms with E-state index in [0.717, 1.165) is 21.7 Å². The number of furan rings is 1. The number of hydrogen-bond donors (Lipinski definition) is 0. The number of benzene rings is 1. The molecule has 6 heteroatoms. The molecule has 0 spiro atoms. The van der Waals surface area contributed by atoms with Crippen molar-refractivity contribution in [3.63, 3.8) is 0 Å². The van der Waals surface area contributed by atoms with Crippen molar-refractivity contribution in [2.75, 3.05) is 6.26 Å². The summed E-state index contributed by atoms with van der Waals surface area (Å²) in [5.74, 6) is 1.30. The zero-order chi connectivity index (χ0) is 14.8. The lowest BCUT2D eigenvalue weighted by Gasteiger charge is -1.97. The molecule has 0 atom stereocenters. The maximum Gasteiger partial charge on any atom is 0.244 e. The molecule has 1 aliphatic rings. The van der Waals surface area contributed by atoms with E-state index in [2.05, 4.69) is 4.99 Å². The second kappa shape index (κ2) is 6.13. The Morgan fingerprint density at radius 1 is 1.33 bits per heavy atom. The van der Waals surface area contributed by atoms with Gasteiger partial charge in [0, 0.05) is 16.7 Å². The molecule has 3 rings (SSSR count). The summed E-state index contributed by atoms with van der Waals surface area (Å²) in [6.45, 7) is 0. The number of carbonyl (C=O) groups excluding carboxylic acids is 1. The summed E-state index contributed by atoms with van der Waals surface area (Å²) < 4.78 is 6.49. The summed E-state index contributed by atoms with van der Waals surface area (Å²) >= 11 is 8.57. The number of nitrogens with zero attached hydrogens (tertiary/aromatic N) is 1. The second-order valence-electron chi connectivity index (χ2n) is 4.21. The molecule has 0 aliphatic carbocycles. The highest BCUT2D eigenvalue weighted by Crippen LogP contribution is 2.31. The number of thioether (sulfide) groups is 2. The molecule has 2 heterocycles. The smallest absolute Gasteiger partial charge is 0.244 e. The van der Waals surface area contributed by atoms with E-state index in [1.807, 2.05) is 42.7 Å². The van der Waals surface area contributed by atoms with Crippen molar-refractivity contribution in [1.29, 1.82) is 0 Å². The molecule has 0 saturated carbocycles. The van der Waals surface area contributed by atoms with Gasteiger partial charge < -0.3 is 4.42 Å². The Balaban J connectivity index is 1.89. The molecule has 0 unspecified atom stereocenters. The lowest BCUT2D eigenvalue weighted by Crippen LogP contribution is -1.86. The van der Waals surface area contributed by atoms with Gasteiger partial charge in [0.25, 0.3) is 0 Å². The molecule has 0 amide bonds. The van der Waals surface area contributed by atoms with Crippen LogP contribution in [0.2, 0.25) is 5.02 Å². The Labute approximate surface area is 135 Å².